The number of nitrogens with zero attached hydrogens (tertiary/aromatic N) is 3. The van der Waals surface area contributed by atoms with E-state index < -0.39 is 0 Å². The Morgan fingerprint density at radius 3 is 2.94 bits per heavy atom. The summed E-state index contributed by atoms with van der Waals surface area (Å²) in [6.07, 6.45) is 5.80. The monoisotopic (exact) mass is 266 g/mol. The molecule has 1 aromatic heterocycles. The summed E-state index contributed by atoms with van der Waals surface area (Å²) in [5.74, 6) is 0.800. The summed E-state index contributed by atoms with van der Waals surface area (Å²) in [6.45, 7) is 2.02. The van der Waals surface area contributed by atoms with Crippen LogP contribution in [-0.4, -0.2) is 28.0 Å². The maximum absolute atomic E-state index is 12.1. The van der Waals surface area contributed by atoms with Crippen molar-refractivity contribution in [2.45, 2.75) is 44.7 Å². The molecule has 1 N–H and O–H groups in total. The Morgan fingerprint density at radius 2 is 2.33 bits per heavy atom. The third-order valence-corrected chi connectivity index (χ3v) is 3.92. The highest BCUT2D eigenvalue weighted by Crippen LogP contribution is 2.38. The molecule has 1 fully saturated rings. The van der Waals surface area contributed by atoms with Crippen molar-refractivity contribution in [2.75, 3.05) is 10.2 Å². The lowest BCUT2D eigenvalue weighted by atomic mass is 9.89. The lowest BCUT2D eigenvalue weighted by Gasteiger charge is -2.45. The lowest BCUT2D eigenvalue weighted by Crippen LogP contribution is -2.55. The quantitative estimate of drug-likeness (QED) is 0.834. The van der Waals surface area contributed by atoms with Crippen LogP contribution in [0.15, 0.2) is 6.20 Å². The van der Waals surface area contributed by atoms with E-state index in [4.69, 9.17) is 11.6 Å². The Balaban J connectivity index is 2.06. The third-order valence-electron chi connectivity index (χ3n) is 3.73. The van der Waals surface area contributed by atoms with E-state index in [1.54, 1.807) is 6.20 Å². The summed E-state index contributed by atoms with van der Waals surface area (Å²) in [6, 6.07) is 0.263. The van der Waals surface area contributed by atoms with Crippen LogP contribution in [0.4, 0.5) is 11.5 Å². The van der Waals surface area contributed by atoms with E-state index in [2.05, 4.69) is 20.2 Å². The van der Waals surface area contributed by atoms with Gasteiger partial charge in [-0.25, -0.2) is 4.98 Å². The van der Waals surface area contributed by atoms with Crippen molar-refractivity contribution in [1.82, 2.24) is 9.97 Å². The summed E-state index contributed by atoms with van der Waals surface area (Å²) in [7, 11) is 0. The molecular weight excluding hydrogens is 252 g/mol. The Morgan fingerprint density at radius 1 is 1.56 bits per heavy atom. The van der Waals surface area contributed by atoms with E-state index in [9.17, 15) is 4.79 Å². The summed E-state index contributed by atoms with van der Waals surface area (Å²) in [5.41, 5.74) is 0.668. The second-order valence-corrected chi connectivity index (χ2v) is 5.12. The second-order valence-electron chi connectivity index (χ2n) is 4.78. The van der Waals surface area contributed by atoms with Crippen molar-refractivity contribution in [3.8, 4) is 0 Å². The molecule has 5 nitrogen and oxygen atoms in total. The fourth-order valence-corrected chi connectivity index (χ4v) is 2.73. The minimum Gasteiger partial charge on any atom is -0.340 e. The Hall–Kier alpha value is -1.36. The Labute approximate surface area is 111 Å². The molecule has 2 aliphatic rings. The number of amides is 1. The van der Waals surface area contributed by atoms with Gasteiger partial charge in [0.1, 0.15) is 11.7 Å². The molecule has 1 aliphatic carbocycles. The number of hydrogen-bond acceptors (Lipinski definition) is 4. The molecule has 1 amide bonds. The Bertz CT molecular complexity index is 489. The molecule has 18 heavy (non-hydrogen) atoms. The third kappa shape index (κ3) is 1.73. The lowest BCUT2D eigenvalue weighted by molar-refractivity contribution is -0.118. The van der Waals surface area contributed by atoms with Gasteiger partial charge in [0, 0.05) is 6.04 Å². The van der Waals surface area contributed by atoms with Crippen LogP contribution >= 0.6 is 11.6 Å². The van der Waals surface area contributed by atoms with Gasteiger partial charge in [0.25, 0.3) is 0 Å². The van der Waals surface area contributed by atoms with Gasteiger partial charge in [0.15, 0.2) is 5.82 Å². The van der Waals surface area contributed by atoms with Crippen molar-refractivity contribution in [3.63, 3.8) is 0 Å². The molecule has 6 heteroatoms. The van der Waals surface area contributed by atoms with Crippen LogP contribution in [-0.2, 0) is 4.79 Å². The molecule has 2 heterocycles. The van der Waals surface area contributed by atoms with Gasteiger partial charge in [-0.3, -0.25) is 4.79 Å². The minimum atomic E-state index is -0.145. The van der Waals surface area contributed by atoms with Gasteiger partial charge in [0.05, 0.1) is 6.20 Å². The van der Waals surface area contributed by atoms with E-state index in [0.717, 1.165) is 25.1 Å². The highest BCUT2D eigenvalue weighted by Gasteiger charge is 2.39. The number of nitrogens with one attached hydrogen (secondary N) is 1. The molecule has 96 valence electrons. The van der Waals surface area contributed by atoms with Crippen LogP contribution < -0.4 is 10.2 Å². The molecule has 1 aromatic rings. The zero-order chi connectivity index (χ0) is 12.7. The van der Waals surface area contributed by atoms with Crippen LogP contribution in [0.3, 0.4) is 0 Å². The average Bonchev–Trinajstić information content (AvgIpc) is 2.28. The molecular formula is C12H15ClN4O. The molecule has 0 radical (unpaired) electrons. The van der Waals surface area contributed by atoms with Crippen molar-refractivity contribution in [2.24, 2.45) is 0 Å². The van der Waals surface area contributed by atoms with Crippen molar-refractivity contribution < 1.29 is 4.79 Å². The van der Waals surface area contributed by atoms with Crippen LogP contribution in [0.1, 0.15) is 32.6 Å². The smallest absolute Gasteiger partial charge is 0.247 e. The molecule has 1 aliphatic heterocycles. The second kappa shape index (κ2) is 4.39. The van der Waals surface area contributed by atoms with Crippen LogP contribution in [0.2, 0.25) is 5.28 Å². The molecule has 0 unspecified atom stereocenters. The normalized spacial score (nSPS) is 23.3. The molecule has 1 atom stereocenters. The number of fused-ring (bicyclic) bond motifs is 1. The zero-order valence-corrected chi connectivity index (χ0v) is 10.9. The standard InChI is InChI=1S/C12H15ClN4O/c1-2-9-11(18)15-8-6-14-12(13)16-10(8)17(9)7-4-3-5-7/h6-7,9H,2-5H2,1H3,(H,15,18)/t9-/m1/s1. The summed E-state index contributed by atoms with van der Waals surface area (Å²) in [4.78, 5) is 22.4. The predicted octanol–water partition coefficient (Wildman–Crippen LogP) is 2.22. The SMILES string of the molecule is CC[C@@H]1C(=O)Nc2cnc(Cl)nc2N1C1CCC1. The number of hydrogen-bond donors (Lipinski definition) is 1. The van der Waals surface area contributed by atoms with Crippen LogP contribution in [0, 0.1) is 0 Å². The van der Waals surface area contributed by atoms with Crippen molar-refractivity contribution >= 4 is 29.0 Å². The fourth-order valence-electron chi connectivity index (χ4n) is 2.60. The first kappa shape index (κ1) is 11.7. The van der Waals surface area contributed by atoms with E-state index >= 15 is 0 Å². The first-order valence-electron chi connectivity index (χ1n) is 6.32. The summed E-state index contributed by atoms with van der Waals surface area (Å²) < 4.78 is 0. The minimum absolute atomic E-state index is 0.0304. The molecule has 0 aromatic carbocycles. The number of anilines is 2. The van der Waals surface area contributed by atoms with Crippen LogP contribution in [0.5, 0.6) is 0 Å². The van der Waals surface area contributed by atoms with Crippen molar-refractivity contribution in [3.05, 3.63) is 11.5 Å². The topological polar surface area (TPSA) is 58.1 Å². The van der Waals surface area contributed by atoms with E-state index in [0.29, 0.717) is 11.7 Å². The number of rotatable bonds is 2. The average molecular weight is 267 g/mol. The largest absolute Gasteiger partial charge is 0.340 e. The summed E-state index contributed by atoms with van der Waals surface area (Å²) >= 11 is 5.87. The molecule has 0 saturated heterocycles. The molecule has 3 rings (SSSR count). The number of carbonyl (C=O) groups is 1. The highest BCUT2D eigenvalue weighted by molar-refractivity contribution is 6.28. The Kier molecular flexibility index (Phi) is 2.86. The van der Waals surface area contributed by atoms with E-state index in [1.165, 1.54) is 6.42 Å². The fraction of sp³-hybridized carbons (Fsp3) is 0.583. The summed E-state index contributed by atoms with van der Waals surface area (Å²) in [5, 5.41) is 3.08. The highest BCUT2D eigenvalue weighted by atomic mass is 35.5. The first-order chi connectivity index (χ1) is 8.70. The maximum atomic E-state index is 12.1. The maximum Gasteiger partial charge on any atom is 0.247 e. The molecule has 0 bridgehead atoms. The zero-order valence-electron chi connectivity index (χ0n) is 10.2. The van der Waals surface area contributed by atoms with Gasteiger partial charge in [-0.1, -0.05) is 6.92 Å². The predicted molar refractivity (Wildman–Crippen MR) is 69.9 cm³/mol. The van der Waals surface area contributed by atoms with Gasteiger partial charge in [0.2, 0.25) is 11.2 Å². The van der Waals surface area contributed by atoms with Crippen LogP contribution in [0.25, 0.3) is 0 Å². The molecule has 1 saturated carbocycles. The van der Waals surface area contributed by atoms with Gasteiger partial charge in [-0.2, -0.15) is 4.98 Å². The van der Waals surface area contributed by atoms with Gasteiger partial charge in [-0.15, -0.1) is 0 Å². The van der Waals surface area contributed by atoms with E-state index in [-0.39, 0.29) is 17.2 Å². The number of aromatic nitrogens is 2. The first-order valence-corrected chi connectivity index (χ1v) is 6.70. The van der Waals surface area contributed by atoms with Gasteiger partial charge >= 0.3 is 0 Å². The molecule has 0 spiro atoms. The van der Waals surface area contributed by atoms with Gasteiger partial charge in [-0.05, 0) is 37.3 Å². The van der Waals surface area contributed by atoms with E-state index in [1.807, 2.05) is 6.92 Å². The van der Waals surface area contributed by atoms with Crippen molar-refractivity contribution in [1.29, 1.82) is 0 Å². The number of halogens is 1. The number of carbonyl (C=O) groups excluding carboxylic acids is 1. The van der Waals surface area contributed by atoms with Gasteiger partial charge < -0.3 is 10.2 Å².